The molecule has 0 amide bonds. The number of hydrogen-bond donors (Lipinski definition) is 1. The maximum Gasteiger partial charge on any atom is 0.228 e. The Morgan fingerprint density at radius 3 is 2.31 bits per heavy atom. The maximum atomic E-state index is 5.27. The van der Waals surface area contributed by atoms with Gasteiger partial charge >= 0.3 is 0 Å². The van der Waals surface area contributed by atoms with Crippen LogP contribution >= 0.6 is 0 Å². The molecular formula is C12H23N3O. The average molecular weight is 225 g/mol. The van der Waals surface area contributed by atoms with Gasteiger partial charge in [0.1, 0.15) is 0 Å². The van der Waals surface area contributed by atoms with Gasteiger partial charge in [0, 0.05) is 17.9 Å². The second kappa shape index (κ2) is 4.95. The van der Waals surface area contributed by atoms with Crippen molar-refractivity contribution in [1.29, 1.82) is 0 Å². The maximum absolute atomic E-state index is 5.27. The molecule has 0 spiro atoms. The fraction of sp³-hybridized carbons (Fsp3) is 0.833. The van der Waals surface area contributed by atoms with E-state index in [-0.39, 0.29) is 5.41 Å². The highest BCUT2D eigenvalue weighted by Crippen LogP contribution is 2.19. The number of rotatable bonds is 4. The highest BCUT2D eigenvalue weighted by molar-refractivity contribution is 5.00. The zero-order valence-electron chi connectivity index (χ0n) is 11.2. The summed E-state index contributed by atoms with van der Waals surface area (Å²) in [5, 5.41) is 7.29. The first-order valence-corrected chi connectivity index (χ1v) is 5.85. The van der Waals surface area contributed by atoms with E-state index >= 15 is 0 Å². The van der Waals surface area contributed by atoms with Gasteiger partial charge in [0.2, 0.25) is 5.89 Å². The molecule has 4 heteroatoms. The molecular weight excluding hydrogens is 202 g/mol. The van der Waals surface area contributed by atoms with Crippen LogP contribution < -0.4 is 5.32 Å². The van der Waals surface area contributed by atoms with E-state index in [0.717, 1.165) is 18.1 Å². The number of nitrogens with one attached hydrogen (secondary N) is 1. The van der Waals surface area contributed by atoms with Crippen LogP contribution in [0.4, 0.5) is 0 Å². The molecule has 0 aliphatic heterocycles. The number of aromatic nitrogens is 2. The lowest BCUT2D eigenvalue weighted by molar-refractivity contribution is 0.329. The molecule has 1 aromatic rings. The van der Waals surface area contributed by atoms with E-state index in [9.17, 15) is 0 Å². The molecule has 0 bridgehead atoms. The molecule has 4 nitrogen and oxygen atoms in total. The lowest BCUT2D eigenvalue weighted by atomic mass is 9.96. The van der Waals surface area contributed by atoms with Gasteiger partial charge in [-0.05, 0) is 13.0 Å². The van der Waals surface area contributed by atoms with Crippen LogP contribution in [0, 0.1) is 5.92 Å². The van der Waals surface area contributed by atoms with Crippen molar-refractivity contribution < 1.29 is 4.52 Å². The Labute approximate surface area is 97.8 Å². The lowest BCUT2D eigenvalue weighted by Gasteiger charge is -2.17. The molecule has 1 aromatic heterocycles. The average Bonchev–Trinajstić information content (AvgIpc) is 2.61. The molecule has 1 N–H and O–H groups in total. The van der Waals surface area contributed by atoms with Gasteiger partial charge in [0.05, 0.1) is 0 Å². The molecule has 0 aliphatic carbocycles. The fourth-order valence-electron chi connectivity index (χ4n) is 1.50. The summed E-state index contributed by atoms with van der Waals surface area (Å²) in [4.78, 5) is 4.43. The van der Waals surface area contributed by atoms with Gasteiger partial charge in [-0.2, -0.15) is 4.98 Å². The van der Waals surface area contributed by atoms with E-state index in [4.69, 9.17) is 4.52 Å². The highest BCUT2D eigenvalue weighted by Gasteiger charge is 2.22. The first-order chi connectivity index (χ1) is 7.34. The second-order valence-corrected chi connectivity index (χ2v) is 5.61. The topological polar surface area (TPSA) is 51.0 Å². The van der Waals surface area contributed by atoms with Gasteiger partial charge in [-0.15, -0.1) is 0 Å². The molecule has 0 saturated heterocycles. The van der Waals surface area contributed by atoms with Gasteiger partial charge in [0.25, 0.3) is 0 Å². The van der Waals surface area contributed by atoms with Gasteiger partial charge in [0.15, 0.2) is 5.82 Å². The summed E-state index contributed by atoms with van der Waals surface area (Å²) in [6, 6.07) is 0.383. The molecule has 92 valence electrons. The van der Waals surface area contributed by atoms with Gasteiger partial charge in [-0.1, -0.05) is 39.8 Å². The summed E-state index contributed by atoms with van der Waals surface area (Å²) in [6.07, 6.45) is 0.789. The summed E-state index contributed by atoms with van der Waals surface area (Å²) >= 11 is 0. The third-order valence-electron chi connectivity index (χ3n) is 2.71. The molecule has 0 radical (unpaired) electrons. The largest absolute Gasteiger partial charge is 0.339 e. The smallest absolute Gasteiger partial charge is 0.228 e. The molecule has 1 unspecified atom stereocenters. The third-order valence-corrected chi connectivity index (χ3v) is 2.71. The molecule has 16 heavy (non-hydrogen) atoms. The first-order valence-electron chi connectivity index (χ1n) is 5.85. The summed E-state index contributed by atoms with van der Waals surface area (Å²) in [5.74, 6) is 2.05. The van der Waals surface area contributed by atoms with Crippen LogP contribution in [0.1, 0.15) is 46.3 Å². The number of hydrogen-bond acceptors (Lipinski definition) is 4. The summed E-state index contributed by atoms with van der Waals surface area (Å²) in [6.45, 7) is 10.6. The lowest BCUT2D eigenvalue weighted by Crippen LogP contribution is -2.32. The minimum absolute atomic E-state index is 0.0469. The number of nitrogens with zero attached hydrogens (tertiary/aromatic N) is 2. The Hall–Kier alpha value is -0.900. The predicted octanol–water partition coefficient (Wildman–Crippen LogP) is 2.15. The Morgan fingerprint density at radius 1 is 1.31 bits per heavy atom. The quantitative estimate of drug-likeness (QED) is 0.853. The normalized spacial score (nSPS) is 14.4. The minimum atomic E-state index is -0.0469. The van der Waals surface area contributed by atoms with Crippen molar-refractivity contribution in [3.05, 3.63) is 11.7 Å². The van der Waals surface area contributed by atoms with Crippen molar-refractivity contribution in [1.82, 2.24) is 15.5 Å². The Kier molecular flexibility index (Phi) is 4.08. The molecule has 0 aromatic carbocycles. The fourth-order valence-corrected chi connectivity index (χ4v) is 1.50. The van der Waals surface area contributed by atoms with Crippen LogP contribution in [0.15, 0.2) is 4.52 Å². The Bertz CT molecular complexity index is 325. The summed E-state index contributed by atoms with van der Waals surface area (Å²) < 4.78 is 5.27. The predicted molar refractivity (Wildman–Crippen MR) is 64.4 cm³/mol. The molecule has 0 fully saturated rings. The summed E-state index contributed by atoms with van der Waals surface area (Å²) in [5.41, 5.74) is -0.0469. The zero-order valence-corrected chi connectivity index (χ0v) is 11.2. The second-order valence-electron chi connectivity index (χ2n) is 5.61. The van der Waals surface area contributed by atoms with E-state index in [2.05, 4.69) is 50.1 Å². The van der Waals surface area contributed by atoms with E-state index in [1.54, 1.807) is 0 Å². The van der Waals surface area contributed by atoms with E-state index in [1.165, 1.54) is 0 Å². The zero-order chi connectivity index (χ0) is 12.3. The Morgan fingerprint density at radius 2 is 1.94 bits per heavy atom. The van der Waals surface area contributed by atoms with Crippen LogP contribution in [0.3, 0.4) is 0 Å². The van der Waals surface area contributed by atoms with Crippen molar-refractivity contribution in [2.24, 2.45) is 5.92 Å². The SMILES string of the molecule is CNC(Cc1nc(C(C)(C)C)no1)C(C)C. The van der Waals surface area contributed by atoms with Crippen LogP contribution in [0.25, 0.3) is 0 Å². The van der Waals surface area contributed by atoms with Crippen LogP contribution in [-0.2, 0) is 11.8 Å². The van der Waals surface area contributed by atoms with Crippen LogP contribution in [0.2, 0.25) is 0 Å². The van der Waals surface area contributed by atoms with Crippen molar-refractivity contribution in [3.8, 4) is 0 Å². The van der Waals surface area contributed by atoms with Crippen LogP contribution in [-0.4, -0.2) is 23.2 Å². The molecule has 1 rings (SSSR count). The van der Waals surface area contributed by atoms with Gasteiger partial charge in [-0.25, -0.2) is 0 Å². The summed E-state index contributed by atoms with van der Waals surface area (Å²) in [7, 11) is 1.96. The van der Waals surface area contributed by atoms with E-state index < -0.39 is 0 Å². The third kappa shape index (κ3) is 3.30. The molecule has 0 aliphatic rings. The standard InChI is InChI=1S/C12H23N3O/c1-8(2)9(13-6)7-10-14-11(15-16-10)12(3,4)5/h8-9,13H,7H2,1-6H3. The minimum Gasteiger partial charge on any atom is -0.339 e. The van der Waals surface area contributed by atoms with Crippen molar-refractivity contribution in [2.75, 3.05) is 7.05 Å². The van der Waals surface area contributed by atoms with Crippen molar-refractivity contribution in [3.63, 3.8) is 0 Å². The highest BCUT2D eigenvalue weighted by atomic mass is 16.5. The van der Waals surface area contributed by atoms with E-state index in [1.807, 2.05) is 7.05 Å². The van der Waals surface area contributed by atoms with Gasteiger partial charge in [-0.3, -0.25) is 0 Å². The monoisotopic (exact) mass is 225 g/mol. The van der Waals surface area contributed by atoms with Gasteiger partial charge < -0.3 is 9.84 Å². The van der Waals surface area contributed by atoms with Crippen molar-refractivity contribution >= 4 is 0 Å². The van der Waals surface area contributed by atoms with Crippen molar-refractivity contribution in [2.45, 2.75) is 52.5 Å². The molecule has 1 heterocycles. The van der Waals surface area contributed by atoms with E-state index in [0.29, 0.717) is 12.0 Å². The number of likely N-dealkylation sites (N-methyl/N-ethyl adjacent to an activating group) is 1. The Balaban J connectivity index is 2.72. The molecule has 0 saturated carbocycles. The van der Waals surface area contributed by atoms with Crippen LogP contribution in [0.5, 0.6) is 0 Å². The molecule has 1 atom stereocenters. The first kappa shape index (κ1) is 13.2.